The van der Waals surface area contributed by atoms with E-state index < -0.39 is 19.1 Å². The van der Waals surface area contributed by atoms with E-state index in [0.29, 0.717) is 0 Å². The number of aliphatic hydroxyl groups is 1. The molecule has 11 heavy (non-hydrogen) atoms. The third-order valence-electron chi connectivity index (χ3n) is 2.12. The highest BCUT2D eigenvalue weighted by Crippen LogP contribution is 2.32. The molecule has 0 unspecified atom stereocenters. The Balaban J connectivity index is 3.26. The van der Waals surface area contributed by atoms with Gasteiger partial charge in [-0.3, -0.25) is 4.90 Å². The molecule has 3 heteroatoms. The zero-order valence-electron chi connectivity index (χ0n) is 11.3. The van der Waals surface area contributed by atoms with Crippen molar-refractivity contribution in [2.75, 3.05) is 20.1 Å². The van der Waals surface area contributed by atoms with Gasteiger partial charge in [-0.2, -0.15) is 0 Å². The normalized spacial score (nSPS) is 46.1. The Hall–Kier alpha value is -0.410. The maximum absolute atomic E-state index is 12.6. The molecule has 2 nitrogen and oxygen atoms in total. The summed E-state index contributed by atoms with van der Waals surface area (Å²) in [5.41, 5.74) is -1.90. The van der Waals surface area contributed by atoms with Crippen LogP contribution >= 0.6 is 0 Å². The lowest BCUT2D eigenvalue weighted by Crippen LogP contribution is -2.42. The van der Waals surface area contributed by atoms with E-state index in [-0.39, 0.29) is 24.9 Å². The summed E-state index contributed by atoms with van der Waals surface area (Å²) < 4.78 is 49.0. The van der Waals surface area contributed by atoms with Crippen LogP contribution in [0.4, 0.5) is 4.39 Å². The molecule has 0 aromatic carbocycles. The summed E-state index contributed by atoms with van der Waals surface area (Å²) in [5, 5.41) is 9.45. The first-order chi connectivity index (χ1) is 7.05. The van der Waals surface area contributed by atoms with Crippen LogP contribution in [0.5, 0.6) is 0 Å². The fourth-order valence-corrected chi connectivity index (χ4v) is 1.17. The second-order valence-electron chi connectivity index (χ2n) is 2.72. The Labute approximate surface area is 73.3 Å². The fourth-order valence-electron chi connectivity index (χ4n) is 1.17. The molecule has 0 aliphatic carbocycles. The van der Waals surface area contributed by atoms with Gasteiger partial charge in [0.25, 0.3) is 0 Å². The van der Waals surface area contributed by atoms with E-state index in [0.717, 1.165) is 4.90 Å². The predicted octanol–water partition coefficient (Wildman–Crippen LogP) is 0.926. The minimum atomic E-state index is -2.82. The SMILES string of the molecule is [2H]C([2H])([2H])N1CC/C(=C\F)[C@]1(C)C([2H])([2H])O. The molecule has 0 aromatic rings. The van der Waals surface area contributed by atoms with Crippen LogP contribution in [0, 0.1) is 0 Å². The lowest BCUT2D eigenvalue weighted by molar-refractivity contribution is 0.122. The quantitative estimate of drug-likeness (QED) is 0.623. The number of likely N-dealkylation sites (tertiary alicyclic amines) is 1. The molecule has 0 amide bonds. The highest BCUT2D eigenvalue weighted by molar-refractivity contribution is 5.22. The van der Waals surface area contributed by atoms with Gasteiger partial charge in [-0.1, -0.05) is 0 Å². The average molecular weight is 164 g/mol. The van der Waals surface area contributed by atoms with Crippen LogP contribution in [-0.2, 0) is 0 Å². The number of rotatable bonds is 1. The first kappa shape index (κ1) is 4.01. The Morgan fingerprint density at radius 1 is 2.09 bits per heavy atom. The topological polar surface area (TPSA) is 23.5 Å². The van der Waals surface area contributed by atoms with E-state index in [1.807, 2.05) is 0 Å². The molecule has 0 saturated carbocycles. The summed E-state index contributed by atoms with van der Waals surface area (Å²) in [6, 6.07) is 0. The molecule has 1 saturated heterocycles. The molecule has 1 aliphatic rings. The zero-order valence-corrected chi connectivity index (χ0v) is 6.26. The van der Waals surface area contributed by atoms with Crippen molar-refractivity contribution in [3.05, 3.63) is 11.9 Å². The molecule has 64 valence electrons. The van der Waals surface area contributed by atoms with Crippen molar-refractivity contribution < 1.29 is 16.4 Å². The van der Waals surface area contributed by atoms with Gasteiger partial charge in [0.2, 0.25) is 0 Å². The summed E-state index contributed by atoms with van der Waals surface area (Å²) in [6.45, 7) is -4.22. The average Bonchev–Trinajstić information content (AvgIpc) is 2.41. The van der Waals surface area contributed by atoms with Crippen molar-refractivity contribution in [1.29, 1.82) is 0 Å². The van der Waals surface area contributed by atoms with E-state index in [1.54, 1.807) is 0 Å². The lowest BCUT2D eigenvalue weighted by Gasteiger charge is -2.30. The summed E-state index contributed by atoms with van der Waals surface area (Å²) >= 11 is 0. The van der Waals surface area contributed by atoms with Crippen molar-refractivity contribution >= 4 is 0 Å². The third-order valence-corrected chi connectivity index (χ3v) is 2.12. The largest absolute Gasteiger partial charge is 0.394 e. The predicted molar refractivity (Wildman–Crippen MR) is 41.9 cm³/mol. The summed E-state index contributed by atoms with van der Waals surface area (Å²) in [6.07, 6.45) is 0.269. The fraction of sp³-hybridized carbons (Fsp3) is 0.750. The van der Waals surface area contributed by atoms with Gasteiger partial charge >= 0.3 is 0 Å². The molecular formula is C8H14FNO. The van der Waals surface area contributed by atoms with E-state index in [2.05, 4.69) is 0 Å². The van der Waals surface area contributed by atoms with Crippen molar-refractivity contribution in [2.45, 2.75) is 18.9 Å². The second-order valence-corrected chi connectivity index (χ2v) is 2.72. The highest BCUT2D eigenvalue weighted by atomic mass is 19.1. The van der Waals surface area contributed by atoms with E-state index >= 15 is 0 Å². The molecule has 1 atom stereocenters. The Bertz CT molecular complexity index is 311. The Morgan fingerprint density at radius 2 is 2.82 bits per heavy atom. The minimum Gasteiger partial charge on any atom is -0.394 e. The van der Waals surface area contributed by atoms with E-state index in [9.17, 15) is 9.50 Å². The van der Waals surface area contributed by atoms with Gasteiger partial charge in [0, 0.05) is 10.7 Å². The first-order valence-electron chi connectivity index (χ1n) is 5.85. The van der Waals surface area contributed by atoms with Crippen LogP contribution in [0.1, 0.15) is 20.2 Å². The molecule has 1 heterocycles. The van der Waals surface area contributed by atoms with Gasteiger partial charge in [0.1, 0.15) is 0 Å². The van der Waals surface area contributed by atoms with Gasteiger partial charge < -0.3 is 5.11 Å². The van der Waals surface area contributed by atoms with Crippen LogP contribution in [-0.4, -0.2) is 35.6 Å². The minimum absolute atomic E-state index is 0.0111. The molecule has 1 fully saturated rings. The van der Waals surface area contributed by atoms with Gasteiger partial charge in [0.05, 0.1) is 21.2 Å². The molecule has 1 N–H and O–H groups in total. The number of likely N-dealkylation sites (N-methyl/N-ethyl adjacent to an activating group) is 1. The monoisotopic (exact) mass is 164 g/mol. The van der Waals surface area contributed by atoms with Crippen LogP contribution in [0.2, 0.25) is 0 Å². The van der Waals surface area contributed by atoms with E-state index in [4.69, 9.17) is 6.85 Å². The van der Waals surface area contributed by atoms with Gasteiger partial charge in [-0.25, -0.2) is 4.39 Å². The van der Waals surface area contributed by atoms with Crippen molar-refractivity contribution in [2.24, 2.45) is 0 Å². The third kappa shape index (κ3) is 1.19. The van der Waals surface area contributed by atoms with Crippen molar-refractivity contribution in [3.63, 3.8) is 0 Å². The molecule has 0 bridgehead atoms. The molecule has 1 rings (SSSR count). The van der Waals surface area contributed by atoms with Gasteiger partial charge in [-0.05, 0) is 25.9 Å². The Morgan fingerprint density at radius 3 is 3.27 bits per heavy atom. The number of hydrogen-bond donors (Lipinski definition) is 1. The molecule has 0 spiro atoms. The van der Waals surface area contributed by atoms with Gasteiger partial charge in [0.15, 0.2) is 0 Å². The standard InChI is InChI=1S/C8H14FNO/c1-8(6-11)7(5-9)3-4-10(8)2/h5,11H,3-4,6H2,1-2H3/b7-5+/t8-/m0/s1/i2D3,6D2. The summed E-state index contributed by atoms with van der Waals surface area (Å²) in [4.78, 5) is 0.811. The zero-order chi connectivity index (χ0) is 12.8. The molecule has 1 aliphatic heterocycles. The smallest absolute Gasteiger partial charge is 0.0878 e. The second kappa shape index (κ2) is 2.91. The Kier molecular flexibility index (Phi) is 1.06. The summed E-state index contributed by atoms with van der Waals surface area (Å²) in [5.74, 6) is 0. The first-order valence-corrected chi connectivity index (χ1v) is 3.35. The lowest BCUT2D eigenvalue weighted by atomic mass is 9.95. The van der Waals surface area contributed by atoms with Gasteiger partial charge in [-0.15, -0.1) is 0 Å². The number of halogens is 1. The molecule has 0 radical (unpaired) electrons. The van der Waals surface area contributed by atoms with Crippen molar-refractivity contribution in [1.82, 2.24) is 4.90 Å². The van der Waals surface area contributed by atoms with Crippen LogP contribution in [0.15, 0.2) is 11.9 Å². The maximum Gasteiger partial charge on any atom is 0.0878 e. The van der Waals surface area contributed by atoms with E-state index in [1.165, 1.54) is 6.92 Å². The van der Waals surface area contributed by atoms with Crippen LogP contribution in [0.25, 0.3) is 0 Å². The number of nitrogens with zero attached hydrogens (tertiary/aromatic N) is 1. The highest BCUT2D eigenvalue weighted by Gasteiger charge is 2.37. The maximum atomic E-state index is 12.6. The number of hydrogen-bond acceptors (Lipinski definition) is 2. The van der Waals surface area contributed by atoms with Crippen molar-refractivity contribution in [3.8, 4) is 0 Å². The van der Waals surface area contributed by atoms with Crippen LogP contribution in [0.3, 0.4) is 0 Å². The van der Waals surface area contributed by atoms with Crippen LogP contribution < -0.4 is 0 Å². The molecule has 0 aromatic heterocycles. The molecular weight excluding hydrogens is 145 g/mol. The summed E-state index contributed by atoms with van der Waals surface area (Å²) in [7, 11) is 0.